The first-order valence-electron chi connectivity index (χ1n) is 7.22. The van der Waals surface area contributed by atoms with Crippen molar-refractivity contribution in [3.05, 3.63) is 35.9 Å². The van der Waals surface area contributed by atoms with E-state index in [4.69, 9.17) is 0 Å². The van der Waals surface area contributed by atoms with Crippen molar-refractivity contribution in [1.29, 1.82) is 0 Å². The van der Waals surface area contributed by atoms with E-state index in [-0.39, 0.29) is 0 Å². The molecular formula is C17H26. The molecule has 0 amide bonds. The third-order valence-corrected chi connectivity index (χ3v) is 4.61. The van der Waals surface area contributed by atoms with Crippen LogP contribution in [0.5, 0.6) is 0 Å². The molecule has 0 unspecified atom stereocenters. The lowest BCUT2D eigenvalue weighted by atomic mass is 9.68. The van der Waals surface area contributed by atoms with Crippen molar-refractivity contribution >= 4 is 0 Å². The zero-order valence-corrected chi connectivity index (χ0v) is 11.4. The number of rotatable bonds is 4. The Bertz CT molecular complexity index is 317. The van der Waals surface area contributed by atoms with Crippen LogP contribution in [0, 0.1) is 11.3 Å². The molecule has 0 aromatic heterocycles. The second-order valence-electron chi connectivity index (χ2n) is 6.31. The number of aryl methyl sites for hydroxylation is 1. The van der Waals surface area contributed by atoms with E-state index < -0.39 is 0 Å². The molecule has 0 heteroatoms. The molecule has 1 aromatic rings. The van der Waals surface area contributed by atoms with Gasteiger partial charge in [0.15, 0.2) is 0 Å². The quantitative estimate of drug-likeness (QED) is 0.664. The first-order valence-corrected chi connectivity index (χ1v) is 7.22. The van der Waals surface area contributed by atoms with Gasteiger partial charge in [0.05, 0.1) is 0 Å². The predicted octanol–water partition coefficient (Wildman–Crippen LogP) is 5.23. The van der Waals surface area contributed by atoms with Crippen LogP contribution in [0.2, 0.25) is 0 Å². The molecule has 0 N–H and O–H groups in total. The van der Waals surface area contributed by atoms with Crippen LogP contribution < -0.4 is 0 Å². The van der Waals surface area contributed by atoms with Gasteiger partial charge in [-0.05, 0) is 42.6 Å². The van der Waals surface area contributed by atoms with Crippen LogP contribution in [-0.4, -0.2) is 0 Å². The fourth-order valence-corrected chi connectivity index (χ4v) is 3.20. The third-order valence-electron chi connectivity index (χ3n) is 4.61. The highest BCUT2D eigenvalue weighted by molar-refractivity contribution is 5.14. The van der Waals surface area contributed by atoms with Crippen molar-refractivity contribution in [3.8, 4) is 0 Å². The highest BCUT2D eigenvalue weighted by atomic mass is 14.3. The lowest BCUT2D eigenvalue weighted by Gasteiger charge is -2.37. The molecule has 1 aliphatic rings. The Balaban J connectivity index is 1.88. The van der Waals surface area contributed by atoms with Crippen molar-refractivity contribution in [2.75, 3.05) is 0 Å². The van der Waals surface area contributed by atoms with Gasteiger partial charge in [0.25, 0.3) is 0 Å². The van der Waals surface area contributed by atoms with Crippen molar-refractivity contribution < 1.29 is 0 Å². The average molecular weight is 230 g/mol. The van der Waals surface area contributed by atoms with Gasteiger partial charge in [-0.2, -0.15) is 0 Å². The van der Waals surface area contributed by atoms with E-state index in [0.29, 0.717) is 5.41 Å². The first-order chi connectivity index (χ1) is 8.18. The van der Waals surface area contributed by atoms with E-state index >= 15 is 0 Å². The summed E-state index contributed by atoms with van der Waals surface area (Å²) in [6.45, 7) is 4.96. The Morgan fingerprint density at radius 2 is 1.65 bits per heavy atom. The van der Waals surface area contributed by atoms with E-state index in [1.165, 1.54) is 50.5 Å². The van der Waals surface area contributed by atoms with Crippen molar-refractivity contribution in [2.24, 2.45) is 11.3 Å². The summed E-state index contributed by atoms with van der Waals surface area (Å²) in [5.74, 6) is 0.958. The van der Waals surface area contributed by atoms with E-state index in [1.54, 1.807) is 0 Å². The normalized spacial score (nSPS) is 18.2. The highest BCUT2D eigenvalue weighted by Gasteiger charge is 2.29. The fraction of sp³-hybridized carbons (Fsp3) is 0.647. The largest absolute Gasteiger partial charge is 0.0622 e. The van der Waals surface area contributed by atoms with Crippen molar-refractivity contribution in [3.63, 3.8) is 0 Å². The Hall–Kier alpha value is -0.780. The Labute approximate surface area is 106 Å². The van der Waals surface area contributed by atoms with Crippen molar-refractivity contribution in [1.82, 2.24) is 0 Å². The van der Waals surface area contributed by atoms with E-state index in [9.17, 15) is 0 Å². The lowest BCUT2D eigenvalue weighted by Crippen LogP contribution is -2.26. The van der Waals surface area contributed by atoms with Gasteiger partial charge in [0, 0.05) is 0 Å². The molecule has 0 nitrogen and oxygen atoms in total. The summed E-state index contributed by atoms with van der Waals surface area (Å²) in [5, 5.41) is 0. The molecule has 0 spiro atoms. The molecule has 1 saturated carbocycles. The molecule has 0 atom stereocenters. The number of hydrogen-bond acceptors (Lipinski definition) is 0. The summed E-state index contributed by atoms with van der Waals surface area (Å²) >= 11 is 0. The van der Waals surface area contributed by atoms with Crippen LogP contribution in [-0.2, 0) is 6.42 Å². The fourth-order valence-electron chi connectivity index (χ4n) is 3.20. The molecule has 0 radical (unpaired) electrons. The number of benzene rings is 1. The van der Waals surface area contributed by atoms with Crippen LogP contribution >= 0.6 is 0 Å². The van der Waals surface area contributed by atoms with Crippen LogP contribution in [0.15, 0.2) is 30.3 Å². The molecule has 0 bridgehead atoms. The Morgan fingerprint density at radius 1 is 1.00 bits per heavy atom. The molecule has 17 heavy (non-hydrogen) atoms. The van der Waals surface area contributed by atoms with E-state index in [0.717, 1.165) is 5.92 Å². The lowest BCUT2D eigenvalue weighted by molar-refractivity contribution is 0.146. The van der Waals surface area contributed by atoms with Gasteiger partial charge in [0.1, 0.15) is 0 Å². The molecule has 1 fully saturated rings. The minimum absolute atomic E-state index is 0.524. The Kier molecular flexibility index (Phi) is 4.25. The summed E-state index contributed by atoms with van der Waals surface area (Å²) in [4.78, 5) is 0. The zero-order chi connectivity index (χ0) is 12.1. The van der Waals surface area contributed by atoms with Gasteiger partial charge < -0.3 is 0 Å². The molecule has 0 aliphatic heterocycles. The van der Waals surface area contributed by atoms with Crippen LogP contribution in [0.3, 0.4) is 0 Å². The summed E-state index contributed by atoms with van der Waals surface area (Å²) in [6.07, 6.45) is 9.87. The van der Waals surface area contributed by atoms with Gasteiger partial charge in [0.2, 0.25) is 0 Å². The maximum absolute atomic E-state index is 2.48. The smallest absolute Gasteiger partial charge is 0.0274 e. The van der Waals surface area contributed by atoms with Gasteiger partial charge in [-0.25, -0.2) is 0 Å². The molecule has 0 saturated heterocycles. The topological polar surface area (TPSA) is 0 Å². The standard InChI is InChI=1S/C17H26/c1-17(2,16-11-7-4-8-12-16)14-13-15-9-5-3-6-10-15/h3,5-6,9-10,16H,4,7-8,11-14H2,1-2H3. The number of hydrogen-bond donors (Lipinski definition) is 0. The molecular weight excluding hydrogens is 204 g/mol. The first kappa shape index (κ1) is 12.7. The van der Waals surface area contributed by atoms with Crippen LogP contribution in [0.1, 0.15) is 57.9 Å². The maximum atomic E-state index is 2.48. The summed E-state index contributed by atoms with van der Waals surface area (Å²) in [5.41, 5.74) is 2.02. The van der Waals surface area contributed by atoms with Crippen molar-refractivity contribution in [2.45, 2.75) is 58.8 Å². The summed E-state index contributed by atoms with van der Waals surface area (Å²) in [7, 11) is 0. The molecule has 1 aromatic carbocycles. The predicted molar refractivity (Wildman–Crippen MR) is 75.1 cm³/mol. The van der Waals surface area contributed by atoms with Gasteiger partial charge in [-0.1, -0.05) is 63.4 Å². The second kappa shape index (κ2) is 5.71. The zero-order valence-electron chi connectivity index (χ0n) is 11.4. The molecule has 1 aliphatic carbocycles. The maximum Gasteiger partial charge on any atom is -0.0274 e. The van der Waals surface area contributed by atoms with Gasteiger partial charge in [-0.15, -0.1) is 0 Å². The molecule has 2 rings (SSSR count). The summed E-state index contributed by atoms with van der Waals surface area (Å²) < 4.78 is 0. The van der Waals surface area contributed by atoms with Gasteiger partial charge >= 0.3 is 0 Å². The monoisotopic (exact) mass is 230 g/mol. The minimum atomic E-state index is 0.524. The third kappa shape index (κ3) is 3.59. The SMILES string of the molecule is CC(C)(CCc1ccccc1)C1CCCCC1. The second-order valence-corrected chi connectivity index (χ2v) is 6.31. The highest BCUT2D eigenvalue weighted by Crippen LogP contribution is 2.41. The van der Waals surface area contributed by atoms with E-state index in [1.807, 2.05) is 0 Å². The summed E-state index contributed by atoms with van der Waals surface area (Å²) in [6, 6.07) is 10.9. The van der Waals surface area contributed by atoms with E-state index in [2.05, 4.69) is 44.2 Å². The van der Waals surface area contributed by atoms with Crippen LogP contribution in [0.25, 0.3) is 0 Å². The van der Waals surface area contributed by atoms with Crippen LogP contribution in [0.4, 0.5) is 0 Å². The average Bonchev–Trinajstić information content (AvgIpc) is 2.39. The Morgan fingerprint density at radius 3 is 2.29 bits per heavy atom. The molecule has 94 valence electrons. The minimum Gasteiger partial charge on any atom is -0.0622 e. The molecule has 0 heterocycles. The van der Waals surface area contributed by atoms with Gasteiger partial charge in [-0.3, -0.25) is 0 Å².